The van der Waals surface area contributed by atoms with Crippen LogP contribution >= 0.6 is 11.6 Å². The summed E-state index contributed by atoms with van der Waals surface area (Å²) in [6, 6.07) is 11.0. The molecule has 2 amide bonds. The standard InChI is InChI=1S/C21H23ClFN3O2/c22-16-6-9-19(25-10-2-1-3-11-25)18(12-16)24-20(27)26-13-21(28,14-26)15-4-7-17(23)8-5-15/h4-9,12,28H,1-3,10-11,13-14H2,(H,24,27). The van der Waals surface area contributed by atoms with Crippen LogP contribution in [-0.4, -0.2) is 42.2 Å². The zero-order chi connectivity index (χ0) is 19.7. The largest absolute Gasteiger partial charge is 0.381 e. The van der Waals surface area contributed by atoms with Gasteiger partial charge in [-0.05, 0) is 55.2 Å². The quantitative estimate of drug-likeness (QED) is 0.807. The molecule has 2 aromatic carbocycles. The molecule has 0 aromatic heterocycles. The summed E-state index contributed by atoms with van der Waals surface area (Å²) < 4.78 is 13.1. The van der Waals surface area contributed by atoms with Crippen LogP contribution in [0.3, 0.4) is 0 Å². The summed E-state index contributed by atoms with van der Waals surface area (Å²) in [5.74, 6) is -0.354. The molecule has 2 aliphatic rings. The number of benzene rings is 2. The van der Waals surface area contributed by atoms with Crippen LogP contribution in [0.25, 0.3) is 0 Å². The van der Waals surface area contributed by atoms with Gasteiger partial charge in [0.1, 0.15) is 11.4 Å². The maximum absolute atomic E-state index is 13.1. The van der Waals surface area contributed by atoms with Gasteiger partial charge >= 0.3 is 6.03 Å². The maximum atomic E-state index is 13.1. The lowest BCUT2D eigenvalue weighted by Crippen LogP contribution is -2.62. The van der Waals surface area contributed by atoms with Crippen molar-refractivity contribution < 1.29 is 14.3 Å². The van der Waals surface area contributed by atoms with E-state index in [1.54, 1.807) is 18.2 Å². The number of halogens is 2. The lowest BCUT2D eigenvalue weighted by molar-refractivity contribution is -0.0793. The average molecular weight is 404 g/mol. The van der Waals surface area contributed by atoms with E-state index in [1.165, 1.54) is 23.5 Å². The van der Waals surface area contributed by atoms with Gasteiger partial charge in [-0.1, -0.05) is 23.7 Å². The fraction of sp³-hybridized carbons (Fsp3) is 0.381. The van der Waals surface area contributed by atoms with Gasteiger partial charge in [0.25, 0.3) is 0 Å². The van der Waals surface area contributed by atoms with Gasteiger partial charge in [-0.15, -0.1) is 0 Å². The van der Waals surface area contributed by atoms with Crippen LogP contribution in [0.15, 0.2) is 42.5 Å². The molecule has 0 radical (unpaired) electrons. The summed E-state index contributed by atoms with van der Waals surface area (Å²) in [5, 5.41) is 14.2. The van der Waals surface area contributed by atoms with Gasteiger partial charge in [0, 0.05) is 18.1 Å². The Morgan fingerprint density at radius 1 is 1.07 bits per heavy atom. The van der Waals surface area contributed by atoms with Crippen molar-refractivity contribution in [3.8, 4) is 0 Å². The topological polar surface area (TPSA) is 55.8 Å². The number of β-amino-alcohol motifs (C(OH)–C–C–N with tert-alkyl or cyclic N) is 1. The average Bonchev–Trinajstić information content (AvgIpc) is 2.67. The van der Waals surface area contributed by atoms with E-state index in [-0.39, 0.29) is 24.9 Å². The van der Waals surface area contributed by atoms with Crippen molar-refractivity contribution in [3.05, 3.63) is 58.9 Å². The van der Waals surface area contributed by atoms with Gasteiger partial charge < -0.3 is 20.2 Å². The Kier molecular flexibility index (Phi) is 5.17. The number of carbonyl (C=O) groups excluding carboxylic acids is 1. The zero-order valence-electron chi connectivity index (χ0n) is 15.5. The van der Waals surface area contributed by atoms with E-state index in [2.05, 4.69) is 10.2 Å². The number of nitrogens with zero attached hydrogens (tertiary/aromatic N) is 2. The van der Waals surface area contributed by atoms with Crippen LogP contribution in [0, 0.1) is 5.82 Å². The molecule has 0 saturated carbocycles. The molecule has 2 N–H and O–H groups in total. The molecule has 0 unspecified atom stereocenters. The molecule has 2 aromatic rings. The van der Waals surface area contributed by atoms with E-state index in [0.29, 0.717) is 16.3 Å². The highest BCUT2D eigenvalue weighted by Crippen LogP contribution is 2.35. The number of piperidine rings is 1. The highest BCUT2D eigenvalue weighted by atomic mass is 35.5. The molecule has 4 rings (SSSR count). The Morgan fingerprint density at radius 3 is 2.43 bits per heavy atom. The minimum atomic E-state index is -1.14. The lowest BCUT2D eigenvalue weighted by atomic mass is 9.86. The van der Waals surface area contributed by atoms with Crippen molar-refractivity contribution >= 4 is 29.0 Å². The fourth-order valence-electron chi connectivity index (χ4n) is 3.88. The van der Waals surface area contributed by atoms with Gasteiger partial charge in [-0.3, -0.25) is 0 Å². The molecule has 5 nitrogen and oxygen atoms in total. The SMILES string of the molecule is O=C(Nc1cc(Cl)ccc1N1CCCCC1)N1CC(O)(c2ccc(F)cc2)C1. The Labute approximate surface area is 168 Å². The van der Waals surface area contributed by atoms with Crippen LogP contribution in [0.2, 0.25) is 5.02 Å². The predicted octanol–water partition coefficient (Wildman–Crippen LogP) is 4.20. The Balaban J connectivity index is 1.44. The van der Waals surface area contributed by atoms with E-state index >= 15 is 0 Å². The van der Waals surface area contributed by atoms with Crippen molar-refractivity contribution in [1.29, 1.82) is 0 Å². The molecule has 2 saturated heterocycles. The van der Waals surface area contributed by atoms with Crippen LogP contribution in [-0.2, 0) is 5.60 Å². The molecular weight excluding hydrogens is 381 g/mol. The lowest BCUT2D eigenvalue weighted by Gasteiger charge is -2.46. The summed E-state index contributed by atoms with van der Waals surface area (Å²) in [7, 11) is 0. The second-order valence-electron chi connectivity index (χ2n) is 7.53. The van der Waals surface area contributed by atoms with E-state index in [4.69, 9.17) is 11.6 Å². The predicted molar refractivity (Wildman–Crippen MR) is 108 cm³/mol. The van der Waals surface area contributed by atoms with Gasteiger partial charge in [-0.2, -0.15) is 0 Å². The first-order valence-corrected chi connectivity index (χ1v) is 9.91. The first-order chi connectivity index (χ1) is 13.4. The number of hydrogen-bond donors (Lipinski definition) is 2. The molecule has 7 heteroatoms. The normalized spacial score (nSPS) is 18.5. The molecular formula is C21H23ClFN3O2. The minimum absolute atomic E-state index is 0.157. The van der Waals surface area contributed by atoms with Gasteiger partial charge in [0.2, 0.25) is 0 Å². The Morgan fingerprint density at radius 2 is 1.75 bits per heavy atom. The molecule has 2 fully saturated rings. The van der Waals surface area contributed by atoms with E-state index < -0.39 is 5.60 Å². The summed E-state index contributed by atoms with van der Waals surface area (Å²) in [5.41, 5.74) is 1.10. The smallest absolute Gasteiger partial charge is 0.322 e. The monoisotopic (exact) mass is 403 g/mol. The maximum Gasteiger partial charge on any atom is 0.322 e. The molecule has 0 atom stereocenters. The third kappa shape index (κ3) is 3.80. The summed E-state index contributed by atoms with van der Waals surface area (Å²) in [6.07, 6.45) is 3.49. The van der Waals surface area contributed by atoms with E-state index in [1.807, 2.05) is 12.1 Å². The van der Waals surface area contributed by atoms with Crippen molar-refractivity contribution in [2.75, 3.05) is 36.4 Å². The van der Waals surface area contributed by atoms with Crippen LogP contribution in [0.5, 0.6) is 0 Å². The first kappa shape index (κ1) is 19.0. The van der Waals surface area contributed by atoms with Gasteiger partial charge in [0.05, 0.1) is 24.5 Å². The Hall–Kier alpha value is -2.31. The molecule has 2 heterocycles. The van der Waals surface area contributed by atoms with E-state index in [0.717, 1.165) is 31.6 Å². The molecule has 0 bridgehead atoms. The van der Waals surface area contributed by atoms with Gasteiger partial charge in [0.15, 0.2) is 0 Å². The second-order valence-corrected chi connectivity index (χ2v) is 7.97. The minimum Gasteiger partial charge on any atom is -0.381 e. The molecule has 28 heavy (non-hydrogen) atoms. The number of nitrogens with one attached hydrogen (secondary N) is 1. The number of anilines is 2. The van der Waals surface area contributed by atoms with Gasteiger partial charge in [-0.25, -0.2) is 9.18 Å². The van der Waals surface area contributed by atoms with Crippen molar-refractivity contribution in [2.24, 2.45) is 0 Å². The van der Waals surface area contributed by atoms with Crippen LogP contribution in [0.1, 0.15) is 24.8 Å². The van der Waals surface area contributed by atoms with Crippen LogP contribution in [0.4, 0.5) is 20.6 Å². The molecule has 0 aliphatic carbocycles. The summed E-state index contributed by atoms with van der Waals surface area (Å²) >= 11 is 6.15. The molecule has 2 aliphatic heterocycles. The van der Waals surface area contributed by atoms with Crippen molar-refractivity contribution in [1.82, 2.24) is 4.90 Å². The summed E-state index contributed by atoms with van der Waals surface area (Å²) in [6.45, 7) is 2.23. The number of rotatable bonds is 3. The third-order valence-electron chi connectivity index (χ3n) is 5.47. The number of urea groups is 1. The third-order valence-corrected chi connectivity index (χ3v) is 5.71. The number of carbonyl (C=O) groups is 1. The molecule has 0 spiro atoms. The van der Waals surface area contributed by atoms with E-state index in [9.17, 15) is 14.3 Å². The number of amides is 2. The number of hydrogen-bond acceptors (Lipinski definition) is 3. The number of aliphatic hydroxyl groups is 1. The second kappa shape index (κ2) is 7.60. The summed E-state index contributed by atoms with van der Waals surface area (Å²) in [4.78, 5) is 16.5. The van der Waals surface area contributed by atoms with Crippen LogP contribution < -0.4 is 10.2 Å². The molecule has 148 valence electrons. The highest BCUT2D eigenvalue weighted by molar-refractivity contribution is 6.31. The first-order valence-electron chi connectivity index (χ1n) is 9.53. The van der Waals surface area contributed by atoms with Crippen molar-refractivity contribution in [2.45, 2.75) is 24.9 Å². The van der Waals surface area contributed by atoms with Crippen molar-refractivity contribution in [3.63, 3.8) is 0 Å². The fourth-order valence-corrected chi connectivity index (χ4v) is 4.06. The number of likely N-dealkylation sites (tertiary alicyclic amines) is 1. The Bertz CT molecular complexity index is 862. The highest BCUT2D eigenvalue weighted by Gasteiger charge is 2.45. The zero-order valence-corrected chi connectivity index (χ0v) is 16.3.